The third kappa shape index (κ3) is 1.50. The van der Waals surface area contributed by atoms with Gasteiger partial charge in [0.1, 0.15) is 5.78 Å². The first-order valence-electron chi connectivity index (χ1n) is 5.80. The van der Waals surface area contributed by atoms with Gasteiger partial charge in [0.25, 0.3) is 0 Å². The van der Waals surface area contributed by atoms with Crippen molar-refractivity contribution in [2.45, 2.75) is 45.6 Å². The van der Waals surface area contributed by atoms with Crippen molar-refractivity contribution >= 4 is 5.78 Å². The molecule has 1 aliphatic heterocycles. The molecule has 1 saturated heterocycles. The Hall–Kier alpha value is -0.370. The molecular weight excluding hydrogens is 174 g/mol. The Bertz CT molecular complexity index is 251. The highest BCUT2D eigenvalue weighted by molar-refractivity contribution is 5.82. The van der Waals surface area contributed by atoms with E-state index in [2.05, 4.69) is 18.9 Å². The molecule has 2 heteroatoms. The minimum atomic E-state index is 0.219. The molecule has 1 aliphatic carbocycles. The Kier molecular flexibility index (Phi) is 2.42. The Balaban J connectivity index is 1.98. The molecule has 2 aliphatic rings. The summed E-state index contributed by atoms with van der Waals surface area (Å²) in [6.07, 6.45) is 5.15. The molecular formula is C12H21NO. The lowest BCUT2D eigenvalue weighted by atomic mass is 9.96. The first-order valence-corrected chi connectivity index (χ1v) is 5.80. The second-order valence-corrected chi connectivity index (χ2v) is 5.30. The Morgan fingerprint density at radius 2 is 2.21 bits per heavy atom. The number of carbonyl (C=O) groups is 1. The summed E-state index contributed by atoms with van der Waals surface area (Å²) in [5, 5.41) is 0. The number of nitrogens with zero attached hydrogens (tertiary/aromatic N) is 1. The van der Waals surface area contributed by atoms with Crippen LogP contribution in [0.4, 0.5) is 0 Å². The van der Waals surface area contributed by atoms with Gasteiger partial charge in [-0.05, 0) is 38.1 Å². The van der Waals surface area contributed by atoms with E-state index in [1.54, 1.807) is 6.92 Å². The van der Waals surface area contributed by atoms with E-state index in [4.69, 9.17) is 0 Å². The summed E-state index contributed by atoms with van der Waals surface area (Å²) in [4.78, 5) is 13.7. The monoisotopic (exact) mass is 195 g/mol. The van der Waals surface area contributed by atoms with Crippen molar-refractivity contribution in [1.29, 1.82) is 0 Å². The minimum absolute atomic E-state index is 0.219. The minimum Gasteiger partial charge on any atom is -0.298 e. The van der Waals surface area contributed by atoms with Crippen molar-refractivity contribution in [3.05, 3.63) is 0 Å². The second-order valence-electron chi connectivity index (χ2n) is 5.30. The van der Waals surface area contributed by atoms with E-state index in [-0.39, 0.29) is 6.04 Å². The molecule has 0 amide bonds. The summed E-state index contributed by atoms with van der Waals surface area (Å²) in [6, 6.07) is 0.219. The van der Waals surface area contributed by atoms with Crippen LogP contribution in [0.2, 0.25) is 0 Å². The van der Waals surface area contributed by atoms with Crippen molar-refractivity contribution in [2.75, 3.05) is 13.6 Å². The average molecular weight is 195 g/mol. The third-order valence-electron chi connectivity index (χ3n) is 4.16. The van der Waals surface area contributed by atoms with Gasteiger partial charge in [-0.3, -0.25) is 9.69 Å². The molecule has 80 valence electrons. The van der Waals surface area contributed by atoms with E-state index >= 15 is 0 Å². The zero-order chi connectivity index (χ0) is 10.3. The van der Waals surface area contributed by atoms with E-state index in [1.807, 2.05) is 0 Å². The Labute approximate surface area is 86.7 Å². The maximum atomic E-state index is 11.4. The molecule has 0 aromatic heterocycles. The standard InChI is InChI=1S/C12H21NO/c1-4-5-10-6-12(10)7-11(9(2)14)13(3)8-12/h10-11H,4-8H2,1-3H3/t10?,11?,12-/m1/s1. The molecule has 1 heterocycles. The normalized spacial score (nSPS) is 41.9. The van der Waals surface area contributed by atoms with Gasteiger partial charge >= 0.3 is 0 Å². The molecule has 1 spiro atoms. The molecule has 0 radical (unpaired) electrons. The molecule has 3 atom stereocenters. The summed E-state index contributed by atoms with van der Waals surface area (Å²) < 4.78 is 0. The predicted octanol–water partition coefficient (Wildman–Crippen LogP) is 2.09. The van der Waals surface area contributed by atoms with Crippen LogP contribution in [-0.4, -0.2) is 30.3 Å². The molecule has 1 saturated carbocycles. The van der Waals surface area contributed by atoms with Crippen LogP contribution in [0, 0.1) is 11.3 Å². The van der Waals surface area contributed by atoms with E-state index in [0.29, 0.717) is 11.2 Å². The molecule has 2 fully saturated rings. The van der Waals surface area contributed by atoms with Crippen molar-refractivity contribution in [1.82, 2.24) is 4.90 Å². The molecule has 0 N–H and O–H groups in total. The van der Waals surface area contributed by atoms with Crippen molar-refractivity contribution < 1.29 is 4.79 Å². The van der Waals surface area contributed by atoms with Gasteiger partial charge < -0.3 is 0 Å². The van der Waals surface area contributed by atoms with Gasteiger partial charge in [-0.1, -0.05) is 19.8 Å². The number of hydrogen-bond donors (Lipinski definition) is 0. The third-order valence-corrected chi connectivity index (χ3v) is 4.16. The van der Waals surface area contributed by atoms with E-state index in [1.165, 1.54) is 19.3 Å². The first-order chi connectivity index (χ1) is 6.59. The van der Waals surface area contributed by atoms with Crippen LogP contribution in [0.15, 0.2) is 0 Å². The van der Waals surface area contributed by atoms with Crippen molar-refractivity contribution in [3.8, 4) is 0 Å². The highest BCUT2D eigenvalue weighted by Gasteiger charge is 2.59. The first kappa shape index (κ1) is 10.2. The average Bonchev–Trinajstić information content (AvgIpc) is 2.61. The molecule has 14 heavy (non-hydrogen) atoms. The Morgan fingerprint density at radius 1 is 1.50 bits per heavy atom. The number of likely N-dealkylation sites (N-methyl/N-ethyl adjacent to an activating group) is 1. The van der Waals surface area contributed by atoms with Crippen LogP contribution in [0.5, 0.6) is 0 Å². The molecule has 2 rings (SSSR count). The van der Waals surface area contributed by atoms with Gasteiger partial charge in [-0.25, -0.2) is 0 Å². The number of Topliss-reactive ketones (excluding diaryl/α,β-unsaturated/α-hetero) is 1. The fourth-order valence-corrected chi connectivity index (χ4v) is 3.30. The predicted molar refractivity (Wildman–Crippen MR) is 57.2 cm³/mol. The number of hydrogen-bond acceptors (Lipinski definition) is 2. The van der Waals surface area contributed by atoms with Gasteiger partial charge in [0.2, 0.25) is 0 Å². The fourth-order valence-electron chi connectivity index (χ4n) is 3.30. The van der Waals surface area contributed by atoms with E-state index < -0.39 is 0 Å². The highest BCUT2D eigenvalue weighted by Crippen LogP contribution is 2.61. The summed E-state index contributed by atoms with van der Waals surface area (Å²) in [6.45, 7) is 5.15. The molecule has 2 nitrogen and oxygen atoms in total. The lowest BCUT2D eigenvalue weighted by molar-refractivity contribution is -0.120. The number of rotatable bonds is 3. The molecule has 0 aromatic rings. The smallest absolute Gasteiger partial charge is 0.146 e. The van der Waals surface area contributed by atoms with E-state index in [0.717, 1.165) is 18.9 Å². The largest absolute Gasteiger partial charge is 0.298 e. The summed E-state index contributed by atoms with van der Waals surface area (Å²) in [5.41, 5.74) is 0.543. The van der Waals surface area contributed by atoms with Gasteiger partial charge in [0, 0.05) is 6.54 Å². The zero-order valence-corrected chi connectivity index (χ0v) is 9.55. The van der Waals surface area contributed by atoms with Crippen LogP contribution in [0.25, 0.3) is 0 Å². The van der Waals surface area contributed by atoms with E-state index in [9.17, 15) is 4.79 Å². The van der Waals surface area contributed by atoms with Crippen LogP contribution >= 0.6 is 0 Å². The number of likely N-dealkylation sites (tertiary alicyclic amines) is 1. The zero-order valence-electron chi connectivity index (χ0n) is 9.55. The molecule has 0 bridgehead atoms. The maximum absolute atomic E-state index is 11.4. The fraction of sp³-hybridized carbons (Fsp3) is 0.917. The van der Waals surface area contributed by atoms with Crippen LogP contribution in [-0.2, 0) is 4.79 Å². The van der Waals surface area contributed by atoms with Gasteiger partial charge in [0.15, 0.2) is 0 Å². The number of ketones is 1. The SMILES string of the molecule is CCCC1C[C@]12CC(C(C)=O)N(C)C2. The molecule has 0 aromatic carbocycles. The number of carbonyl (C=O) groups excluding carboxylic acids is 1. The van der Waals surface area contributed by atoms with Crippen molar-refractivity contribution in [2.24, 2.45) is 11.3 Å². The lowest BCUT2D eigenvalue weighted by Crippen LogP contribution is -2.30. The Morgan fingerprint density at radius 3 is 2.71 bits per heavy atom. The lowest BCUT2D eigenvalue weighted by Gasteiger charge is -2.14. The summed E-state index contributed by atoms with van der Waals surface area (Å²) in [5.74, 6) is 1.27. The van der Waals surface area contributed by atoms with Crippen LogP contribution in [0.1, 0.15) is 39.5 Å². The van der Waals surface area contributed by atoms with Gasteiger partial charge in [0.05, 0.1) is 6.04 Å². The van der Waals surface area contributed by atoms with Gasteiger partial charge in [-0.2, -0.15) is 0 Å². The highest BCUT2D eigenvalue weighted by atomic mass is 16.1. The summed E-state index contributed by atoms with van der Waals surface area (Å²) >= 11 is 0. The topological polar surface area (TPSA) is 20.3 Å². The molecule has 2 unspecified atom stereocenters. The summed E-state index contributed by atoms with van der Waals surface area (Å²) in [7, 11) is 2.10. The van der Waals surface area contributed by atoms with Gasteiger partial charge in [-0.15, -0.1) is 0 Å². The quantitative estimate of drug-likeness (QED) is 0.687. The van der Waals surface area contributed by atoms with Crippen molar-refractivity contribution in [3.63, 3.8) is 0 Å². The second kappa shape index (κ2) is 3.34. The van der Waals surface area contributed by atoms with Crippen LogP contribution in [0.3, 0.4) is 0 Å². The van der Waals surface area contributed by atoms with Crippen LogP contribution < -0.4 is 0 Å². The maximum Gasteiger partial charge on any atom is 0.146 e.